The molecule has 1 amide bonds. The normalized spacial score (nSPS) is 13.6. The van der Waals surface area contributed by atoms with Crippen LogP contribution in [0.2, 0.25) is 0 Å². The van der Waals surface area contributed by atoms with E-state index in [0.29, 0.717) is 13.1 Å². The highest BCUT2D eigenvalue weighted by atomic mass is 32.1. The lowest BCUT2D eigenvalue weighted by Crippen LogP contribution is -3.15. The molecular weight excluding hydrogens is 325 g/mol. The van der Waals surface area contributed by atoms with Crippen molar-refractivity contribution in [1.29, 1.82) is 0 Å². The van der Waals surface area contributed by atoms with Crippen LogP contribution in [-0.4, -0.2) is 18.5 Å². The summed E-state index contributed by atoms with van der Waals surface area (Å²) < 4.78 is 39.8. The molecule has 23 heavy (non-hydrogen) atoms. The molecule has 0 fully saturated rings. The Morgan fingerprint density at radius 2 is 2.00 bits per heavy atom. The Labute approximate surface area is 136 Å². The van der Waals surface area contributed by atoms with Gasteiger partial charge in [0.05, 0.1) is 17.1 Å². The first-order chi connectivity index (χ1) is 10.9. The average Bonchev–Trinajstić information content (AvgIpc) is 3.05. The number of carbonyl (C=O) groups excluding carboxylic acids is 1. The Morgan fingerprint density at radius 1 is 1.26 bits per heavy atom. The lowest BCUT2D eigenvalue weighted by molar-refractivity contribution is -0.925. The number of anilines is 1. The van der Waals surface area contributed by atoms with Gasteiger partial charge in [-0.25, -0.2) is 13.2 Å². The Morgan fingerprint density at radius 3 is 2.61 bits per heavy atom. The minimum atomic E-state index is -1.59. The predicted molar refractivity (Wildman–Crippen MR) is 83.9 cm³/mol. The third kappa shape index (κ3) is 4.11. The molecule has 1 aromatic carbocycles. The quantitative estimate of drug-likeness (QED) is 0.777. The van der Waals surface area contributed by atoms with Gasteiger partial charge in [-0.05, 0) is 37.4 Å². The highest BCUT2D eigenvalue weighted by molar-refractivity contribution is 7.09. The van der Waals surface area contributed by atoms with E-state index in [1.54, 1.807) is 18.3 Å². The molecule has 1 unspecified atom stereocenters. The largest absolute Gasteiger partial charge is 0.321 e. The van der Waals surface area contributed by atoms with E-state index >= 15 is 0 Å². The number of amides is 1. The van der Waals surface area contributed by atoms with Crippen molar-refractivity contribution in [1.82, 2.24) is 0 Å². The first kappa shape index (κ1) is 17.5. The van der Waals surface area contributed by atoms with Crippen LogP contribution in [0.1, 0.15) is 18.7 Å². The number of rotatable bonds is 6. The molecule has 2 rings (SSSR count). The number of halogens is 3. The van der Waals surface area contributed by atoms with Crippen LogP contribution in [0.3, 0.4) is 0 Å². The molecule has 0 saturated carbocycles. The van der Waals surface area contributed by atoms with Crippen LogP contribution in [0.25, 0.3) is 0 Å². The second kappa shape index (κ2) is 7.61. The summed E-state index contributed by atoms with van der Waals surface area (Å²) in [4.78, 5) is 14.4. The van der Waals surface area contributed by atoms with Gasteiger partial charge in [0.1, 0.15) is 6.54 Å². The van der Waals surface area contributed by atoms with Gasteiger partial charge in [0.15, 0.2) is 23.5 Å². The van der Waals surface area contributed by atoms with Crippen molar-refractivity contribution in [2.45, 2.75) is 26.4 Å². The van der Waals surface area contributed by atoms with E-state index in [-0.39, 0.29) is 5.69 Å². The van der Waals surface area contributed by atoms with Gasteiger partial charge < -0.3 is 10.2 Å². The highest BCUT2D eigenvalue weighted by Gasteiger charge is 2.26. The fraction of sp³-hybridized carbons (Fsp3) is 0.312. The van der Waals surface area contributed by atoms with Gasteiger partial charge in [-0.3, -0.25) is 4.79 Å². The van der Waals surface area contributed by atoms with Gasteiger partial charge >= 0.3 is 0 Å². The summed E-state index contributed by atoms with van der Waals surface area (Å²) >= 11 is 1.60. The molecule has 7 heteroatoms. The molecule has 2 aromatic rings. The fourth-order valence-corrected chi connectivity index (χ4v) is 3.03. The van der Waals surface area contributed by atoms with Crippen molar-refractivity contribution in [3.8, 4) is 0 Å². The zero-order valence-corrected chi connectivity index (χ0v) is 13.6. The Balaban J connectivity index is 2.08. The second-order valence-electron chi connectivity index (χ2n) is 5.20. The van der Waals surface area contributed by atoms with E-state index < -0.39 is 29.4 Å². The van der Waals surface area contributed by atoms with Crippen molar-refractivity contribution >= 4 is 22.9 Å². The molecule has 1 aromatic heterocycles. The maximum Gasteiger partial charge on any atom is 0.282 e. The molecule has 0 aliphatic rings. The van der Waals surface area contributed by atoms with Gasteiger partial charge in [-0.2, -0.15) is 0 Å². The number of nitrogens with one attached hydrogen (secondary N) is 2. The molecule has 2 atom stereocenters. The molecule has 0 saturated heterocycles. The third-order valence-corrected chi connectivity index (χ3v) is 4.61. The summed E-state index contributed by atoms with van der Waals surface area (Å²) in [5.41, 5.74) is -0.354. The first-order valence-electron chi connectivity index (χ1n) is 7.25. The summed E-state index contributed by atoms with van der Waals surface area (Å²) in [6.45, 7) is 5.04. The summed E-state index contributed by atoms with van der Waals surface area (Å²) in [7, 11) is 0. The van der Waals surface area contributed by atoms with Crippen LogP contribution >= 0.6 is 11.3 Å². The summed E-state index contributed by atoms with van der Waals surface area (Å²) in [6.07, 6.45) is 0. The van der Waals surface area contributed by atoms with E-state index in [4.69, 9.17) is 0 Å². The maximum absolute atomic E-state index is 13.6. The zero-order chi connectivity index (χ0) is 17.0. The van der Waals surface area contributed by atoms with Crippen LogP contribution in [0.5, 0.6) is 0 Å². The lowest BCUT2D eigenvalue weighted by atomic mass is 10.2. The van der Waals surface area contributed by atoms with Gasteiger partial charge in [-0.1, -0.05) is 6.07 Å². The third-order valence-electron chi connectivity index (χ3n) is 3.73. The van der Waals surface area contributed by atoms with E-state index in [2.05, 4.69) is 5.32 Å². The van der Waals surface area contributed by atoms with E-state index in [0.717, 1.165) is 21.9 Å². The minimum Gasteiger partial charge on any atom is -0.321 e. The van der Waals surface area contributed by atoms with Crippen molar-refractivity contribution in [3.63, 3.8) is 0 Å². The Bertz CT molecular complexity index is 676. The maximum atomic E-state index is 13.6. The van der Waals surface area contributed by atoms with Crippen molar-refractivity contribution < 1.29 is 22.9 Å². The van der Waals surface area contributed by atoms with Crippen molar-refractivity contribution in [2.75, 3.05) is 11.9 Å². The number of likely N-dealkylation sites (N-methyl/N-ethyl adjacent to an activating group) is 1. The van der Waals surface area contributed by atoms with Crippen molar-refractivity contribution in [2.24, 2.45) is 0 Å². The first-order valence-corrected chi connectivity index (χ1v) is 8.13. The molecular formula is C16H18F3N2OS+. The number of carbonyl (C=O) groups is 1. The van der Waals surface area contributed by atoms with Crippen LogP contribution in [-0.2, 0) is 11.3 Å². The van der Waals surface area contributed by atoms with Crippen LogP contribution in [0.4, 0.5) is 18.9 Å². The number of hydrogen-bond acceptors (Lipinski definition) is 2. The molecule has 0 spiro atoms. The fourth-order valence-electron chi connectivity index (χ4n) is 2.27. The monoisotopic (exact) mass is 343 g/mol. The summed E-state index contributed by atoms with van der Waals surface area (Å²) in [6, 6.07) is 5.27. The standard InChI is InChI=1S/C16H17F3N2OS/c1-3-21(9-11-5-4-8-23-11)10(2)16(22)20-13-7-6-12(17)14(18)15(13)19/h4-8,10H,3,9H2,1-2H3,(H,20,22)/p+1/t10-/m1/s1. The molecule has 0 bridgehead atoms. The lowest BCUT2D eigenvalue weighted by Gasteiger charge is -2.23. The van der Waals surface area contributed by atoms with Gasteiger partial charge in [0.2, 0.25) is 0 Å². The Kier molecular flexibility index (Phi) is 5.79. The number of quaternary nitrogens is 1. The highest BCUT2D eigenvalue weighted by Crippen LogP contribution is 2.19. The summed E-state index contributed by atoms with van der Waals surface area (Å²) in [5, 5.41) is 4.30. The van der Waals surface area contributed by atoms with E-state index in [1.165, 1.54) is 0 Å². The number of benzene rings is 1. The zero-order valence-electron chi connectivity index (χ0n) is 12.8. The van der Waals surface area contributed by atoms with E-state index in [1.807, 2.05) is 24.4 Å². The molecule has 0 aliphatic heterocycles. The average molecular weight is 343 g/mol. The number of hydrogen-bond donors (Lipinski definition) is 2. The number of thiophene rings is 1. The Hall–Kier alpha value is -1.86. The minimum absolute atomic E-state index is 0.354. The second-order valence-corrected chi connectivity index (χ2v) is 6.23. The SMILES string of the molecule is CC[NH+](Cc1cccs1)[C@H](C)C(=O)Nc1ccc(F)c(F)c1F. The summed E-state index contributed by atoms with van der Waals surface area (Å²) in [5.74, 6) is -4.70. The smallest absolute Gasteiger partial charge is 0.282 e. The predicted octanol–water partition coefficient (Wildman–Crippen LogP) is 2.60. The van der Waals surface area contributed by atoms with E-state index in [9.17, 15) is 18.0 Å². The van der Waals surface area contributed by atoms with Crippen LogP contribution in [0, 0.1) is 17.5 Å². The van der Waals surface area contributed by atoms with Crippen LogP contribution < -0.4 is 10.2 Å². The molecule has 124 valence electrons. The molecule has 1 heterocycles. The molecule has 3 nitrogen and oxygen atoms in total. The molecule has 2 N–H and O–H groups in total. The molecule has 0 aliphatic carbocycles. The van der Waals surface area contributed by atoms with Gasteiger partial charge in [-0.15, -0.1) is 11.3 Å². The van der Waals surface area contributed by atoms with Crippen molar-refractivity contribution in [3.05, 3.63) is 52.0 Å². The topological polar surface area (TPSA) is 33.5 Å². The van der Waals surface area contributed by atoms with Gasteiger partial charge in [0.25, 0.3) is 5.91 Å². The van der Waals surface area contributed by atoms with Gasteiger partial charge in [0, 0.05) is 0 Å². The van der Waals surface area contributed by atoms with Crippen LogP contribution in [0.15, 0.2) is 29.6 Å². The molecule has 0 radical (unpaired) electrons.